The Morgan fingerprint density at radius 1 is 1.06 bits per heavy atom. The van der Waals surface area contributed by atoms with E-state index in [-0.39, 0.29) is 18.2 Å². The highest BCUT2D eigenvalue weighted by atomic mass is 35.5. The van der Waals surface area contributed by atoms with Crippen molar-refractivity contribution < 1.29 is 14.3 Å². The van der Waals surface area contributed by atoms with Crippen LogP contribution in [0.4, 0.5) is 5.69 Å². The summed E-state index contributed by atoms with van der Waals surface area (Å²) in [5.74, 6) is 0.475. The Balaban J connectivity index is 1.58. The second kappa shape index (κ2) is 8.80. The number of hydrogen-bond acceptors (Lipinski definition) is 4. The van der Waals surface area contributed by atoms with Crippen LogP contribution in [0.5, 0.6) is 5.75 Å². The predicted octanol–water partition coefficient (Wildman–Crippen LogP) is 5.64. The van der Waals surface area contributed by atoms with Gasteiger partial charge >= 0.3 is 0 Å². The Bertz CT molecular complexity index is 1440. The maximum absolute atomic E-state index is 13.5. The van der Waals surface area contributed by atoms with E-state index in [1.807, 2.05) is 55.5 Å². The lowest BCUT2D eigenvalue weighted by molar-refractivity contribution is -0.116. The van der Waals surface area contributed by atoms with Crippen molar-refractivity contribution in [3.8, 4) is 5.75 Å². The number of aromatic nitrogens is 1. The fourth-order valence-corrected chi connectivity index (χ4v) is 4.48. The third-order valence-corrected chi connectivity index (χ3v) is 6.30. The van der Waals surface area contributed by atoms with Crippen LogP contribution >= 0.6 is 11.6 Å². The smallest absolute Gasteiger partial charge is 0.262 e. The first-order valence-electron chi connectivity index (χ1n) is 10.9. The molecule has 0 saturated heterocycles. The minimum Gasteiger partial charge on any atom is -0.497 e. The zero-order chi connectivity index (χ0) is 23.8. The number of benzene rings is 3. The SMILES string of the molecule is COc1ccc2c(c1)c(CC1=NN(c3ccccc3)C(=O)C1)c(C)n2C(=O)c1ccc(Cl)cc1. The number of halogens is 1. The molecule has 0 aliphatic carbocycles. The monoisotopic (exact) mass is 471 g/mol. The lowest BCUT2D eigenvalue weighted by atomic mass is 10.0. The Hall–Kier alpha value is -3.90. The third-order valence-electron chi connectivity index (χ3n) is 6.05. The van der Waals surface area contributed by atoms with E-state index in [2.05, 4.69) is 5.10 Å². The van der Waals surface area contributed by atoms with Crippen molar-refractivity contribution in [3.05, 3.63) is 94.6 Å². The van der Waals surface area contributed by atoms with Gasteiger partial charge in [0.05, 0.1) is 30.4 Å². The van der Waals surface area contributed by atoms with Gasteiger partial charge < -0.3 is 4.74 Å². The van der Waals surface area contributed by atoms with E-state index in [1.165, 1.54) is 5.01 Å². The summed E-state index contributed by atoms with van der Waals surface area (Å²) < 4.78 is 7.15. The molecule has 3 aromatic carbocycles. The fourth-order valence-electron chi connectivity index (χ4n) is 4.35. The Morgan fingerprint density at radius 3 is 2.50 bits per heavy atom. The van der Waals surface area contributed by atoms with Crippen molar-refractivity contribution in [2.45, 2.75) is 19.8 Å². The molecule has 34 heavy (non-hydrogen) atoms. The molecule has 6 nitrogen and oxygen atoms in total. The summed E-state index contributed by atoms with van der Waals surface area (Å²) >= 11 is 6.01. The van der Waals surface area contributed by atoms with Crippen LogP contribution in [0.2, 0.25) is 5.02 Å². The van der Waals surface area contributed by atoms with Crippen LogP contribution in [0, 0.1) is 6.92 Å². The van der Waals surface area contributed by atoms with Crippen LogP contribution in [-0.4, -0.2) is 29.2 Å². The highest BCUT2D eigenvalue weighted by molar-refractivity contribution is 6.30. The molecule has 0 radical (unpaired) electrons. The van der Waals surface area contributed by atoms with Crippen LogP contribution in [0.3, 0.4) is 0 Å². The van der Waals surface area contributed by atoms with E-state index in [9.17, 15) is 9.59 Å². The largest absolute Gasteiger partial charge is 0.497 e. The second-order valence-corrected chi connectivity index (χ2v) is 8.59. The van der Waals surface area contributed by atoms with E-state index in [1.54, 1.807) is 35.9 Å². The van der Waals surface area contributed by atoms with Crippen molar-refractivity contribution in [3.63, 3.8) is 0 Å². The predicted molar refractivity (Wildman–Crippen MR) is 134 cm³/mol. The normalized spacial score (nSPS) is 13.4. The number of amides is 1. The topological polar surface area (TPSA) is 63.9 Å². The first-order chi connectivity index (χ1) is 16.5. The summed E-state index contributed by atoms with van der Waals surface area (Å²) in [7, 11) is 1.61. The molecular formula is C27H22ClN3O3. The van der Waals surface area contributed by atoms with Crippen molar-refractivity contribution in [1.29, 1.82) is 0 Å². The molecule has 0 N–H and O–H groups in total. The van der Waals surface area contributed by atoms with Gasteiger partial charge in [-0.25, -0.2) is 5.01 Å². The van der Waals surface area contributed by atoms with Gasteiger partial charge in [0.2, 0.25) is 0 Å². The molecule has 170 valence electrons. The number of hydrazone groups is 1. The number of para-hydroxylation sites is 1. The molecular weight excluding hydrogens is 450 g/mol. The van der Waals surface area contributed by atoms with E-state index in [0.717, 1.165) is 33.6 Å². The second-order valence-electron chi connectivity index (χ2n) is 8.16. The summed E-state index contributed by atoms with van der Waals surface area (Å²) in [5.41, 5.74) is 4.54. The number of methoxy groups -OCH3 is 1. The highest BCUT2D eigenvalue weighted by Crippen LogP contribution is 2.32. The van der Waals surface area contributed by atoms with Gasteiger partial charge in [-0.05, 0) is 67.1 Å². The molecule has 0 unspecified atom stereocenters. The van der Waals surface area contributed by atoms with E-state index < -0.39 is 0 Å². The molecule has 1 aromatic heterocycles. The number of fused-ring (bicyclic) bond motifs is 1. The van der Waals surface area contributed by atoms with Crippen LogP contribution in [-0.2, 0) is 11.2 Å². The molecule has 2 heterocycles. The van der Waals surface area contributed by atoms with Crippen LogP contribution < -0.4 is 9.75 Å². The minimum absolute atomic E-state index is 0.0718. The number of hydrogen-bond donors (Lipinski definition) is 0. The summed E-state index contributed by atoms with van der Waals surface area (Å²) in [4.78, 5) is 26.2. The molecule has 0 saturated carbocycles. The van der Waals surface area contributed by atoms with Crippen molar-refractivity contribution >= 4 is 45.7 Å². The van der Waals surface area contributed by atoms with Crippen molar-refractivity contribution in [1.82, 2.24) is 4.57 Å². The van der Waals surface area contributed by atoms with Gasteiger partial charge in [-0.2, -0.15) is 5.10 Å². The van der Waals surface area contributed by atoms with Gasteiger partial charge in [0.25, 0.3) is 11.8 Å². The number of nitrogens with zero attached hydrogens (tertiary/aromatic N) is 3. The molecule has 1 aliphatic heterocycles. The zero-order valence-electron chi connectivity index (χ0n) is 18.8. The average molecular weight is 472 g/mol. The Labute approximate surface area is 202 Å². The van der Waals surface area contributed by atoms with E-state index >= 15 is 0 Å². The minimum atomic E-state index is -0.147. The van der Waals surface area contributed by atoms with Crippen molar-refractivity contribution in [2.75, 3.05) is 12.1 Å². The first kappa shape index (κ1) is 21.9. The van der Waals surface area contributed by atoms with E-state index in [4.69, 9.17) is 16.3 Å². The standard InChI is InChI=1S/C27H22ClN3O3/c1-17-23(14-20-15-26(32)31(29-20)21-6-4-3-5-7-21)24-16-22(34-2)12-13-25(24)30(17)27(33)18-8-10-19(28)11-9-18/h3-13,16H,14-15H2,1-2H3. The molecule has 1 amide bonds. The number of anilines is 1. The summed E-state index contributed by atoms with van der Waals surface area (Å²) in [6.45, 7) is 1.92. The van der Waals surface area contributed by atoms with Gasteiger partial charge in [-0.1, -0.05) is 29.8 Å². The van der Waals surface area contributed by atoms with Crippen LogP contribution in [0.25, 0.3) is 10.9 Å². The lowest BCUT2D eigenvalue weighted by Gasteiger charge is -2.10. The summed E-state index contributed by atoms with van der Waals surface area (Å²) in [6, 6.07) is 21.9. The maximum atomic E-state index is 13.5. The average Bonchev–Trinajstić information content (AvgIpc) is 3.36. The fraction of sp³-hybridized carbons (Fsp3) is 0.148. The number of carbonyl (C=O) groups is 2. The van der Waals surface area contributed by atoms with E-state index in [0.29, 0.717) is 22.8 Å². The number of rotatable bonds is 5. The lowest BCUT2D eigenvalue weighted by Crippen LogP contribution is -2.19. The molecule has 0 fully saturated rings. The third kappa shape index (κ3) is 3.86. The molecule has 0 bridgehead atoms. The van der Waals surface area contributed by atoms with Crippen LogP contribution in [0.1, 0.15) is 28.0 Å². The molecule has 4 aromatic rings. The Kier molecular flexibility index (Phi) is 5.67. The van der Waals surface area contributed by atoms with Gasteiger partial charge in [-0.3, -0.25) is 14.2 Å². The van der Waals surface area contributed by atoms with Gasteiger partial charge in [0, 0.05) is 28.1 Å². The maximum Gasteiger partial charge on any atom is 0.262 e. The molecule has 1 aliphatic rings. The van der Waals surface area contributed by atoms with Gasteiger partial charge in [0.15, 0.2) is 0 Å². The van der Waals surface area contributed by atoms with Gasteiger partial charge in [0.1, 0.15) is 5.75 Å². The quantitative estimate of drug-likeness (QED) is 0.378. The first-order valence-corrected chi connectivity index (χ1v) is 11.3. The zero-order valence-corrected chi connectivity index (χ0v) is 19.5. The molecule has 0 atom stereocenters. The highest BCUT2D eigenvalue weighted by Gasteiger charge is 2.28. The summed E-state index contributed by atoms with van der Waals surface area (Å²) in [6.07, 6.45) is 0.682. The molecule has 5 rings (SSSR count). The number of carbonyl (C=O) groups excluding carboxylic acids is 2. The molecule has 7 heteroatoms. The summed E-state index contributed by atoms with van der Waals surface area (Å²) in [5, 5.41) is 7.52. The number of ether oxygens (including phenoxy) is 1. The van der Waals surface area contributed by atoms with Crippen molar-refractivity contribution in [2.24, 2.45) is 5.10 Å². The molecule has 0 spiro atoms. The van der Waals surface area contributed by atoms with Crippen LogP contribution in [0.15, 0.2) is 77.9 Å². The Morgan fingerprint density at radius 2 is 1.79 bits per heavy atom. The van der Waals surface area contributed by atoms with Gasteiger partial charge in [-0.15, -0.1) is 0 Å².